The van der Waals surface area contributed by atoms with Gasteiger partial charge in [-0.05, 0) is 48.9 Å². The Morgan fingerprint density at radius 3 is 2.50 bits per heavy atom. The second kappa shape index (κ2) is 10.2. The van der Waals surface area contributed by atoms with Crippen molar-refractivity contribution in [1.29, 1.82) is 0 Å². The predicted molar refractivity (Wildman–Crippen MR) is 130 cm³/mol. The zero-order valence-corrected chi connectivity index (χ0v) is 19.9. The first-order valence-electron chi connectivity index (χ1n) is 10.3. The van der Waals surface area contributed by atoms with Gasteiger partial charge in [-0.15, -0.1) is 0 Å². The highest BCUT2D eigenvalue weighted by atomic mass is 35.5. The number of benzene rings is 3. The highest BCUT2D eigenvalue weighted by Gasteiger charge is 2.15. The van der Waals surface area contributed by atoms with Gasteiger partial charge in [-0.25, -0.2) is 9.59 Å². The Morgan fingerprint density at radius 1 is 0.912 bits per heavy atom. The maximum atomic E-state index is 12.7. The van der Waals surface area contributed by atoms with E-state index in [9.17, 15) is 9.59 Å². The molecule has 0 amide bonds. The fraction of sp³-hybridized carbons (Fsp3) is 0.154. The molecule has 0 saturated carbocycles. The van der Waals surface area contributed by atoms with Crippen molar-refractivity contribution >= 4 is 40.1 Å². The van der Waals surface area contributed by atoms with Crippen LogP contribution in [0.1, 0.15) is 27.0 Å². The van der Waals surface area contributed by atoms with Crippen molar-refractivity contribution in [3.63, 3.8) is 0 Å². The van der Waals surface area contributed by atoms with Crippen LogP contribution in [0.5, 0.6) is 11.5 Å². The molecule has 1 aromatic heterocycles. The first-order valence-corrected chi connectivity index (χ1v) is 11.0. The molecule has 0 unspecified atom stereocenters. The van der Waals surface area contributed by atoms with Crippen molar-refractivity contribution in [3.05, 3.63) is 103 Å². The van der Waals surface area contributed by atoms with E-state index in [4.69, 9.17) is 41.8 Å². The molecule has 0 aliphatic carbocycles. The third kappa shape index (κ3) is 5.35. The van der Waals surface area contributed by atoms with E-state index in [0.29, 0.717) is 38.1 Å². The van der Waals surface area contributed by atoms with Gasteiger partial charge in [0.15, 0.2) is 11.5 Å². The standard InChI is InChI=1S/C26H20Cl2O6/c1-15-3-7-20-18(11-25(29)34-23(20)9-15)14-33-26(30)16-5-8-22(24(10-16)31-2)32-13-17-4-6-19(27)12-21(17)28/h3-12H,13-14H2,1-2H3. The average Bonchev–Trinajstić information content (AvgIpc) is 2.81. The second-order valence-electron chi connectivity index (χ2n) is 7.56. The number of fused-ring (bicyclic) bond motifs is 1. The highest BCUT2D eigenvalue weighted by molar-refractivity contribution is 6.35. The first kappa shape index (κ1) is 23.7. The molecule has 4 rings (SSSR count). The van der Waals surface area contributed by atoms with Crippen molar-refractivity contribution in [2.75, 3.05) is 7.11 Å². The molecule has 1 heterocycles. The Hall–Kier alpha value is -3.48. The van der Waals surface area contributed by atoms with Crippen molar-refractivity contribution < 1.29 is 23.4 Å². The van der Waals surface area contributed by atoms with Crippen molar-refractivity contribution in [3.8, 4) is 11.5 Å². The van der Waals surface area contributed by atoms with Gasteiger partial charge in [0.2, 0.25) is 0 Å². The van der Waals surface area contributed by atoms with Gasteiger partial charge in [-0.1, -0.05) is 41.4 Å². The van der Waals surface area contributed by atoms with Crippen LogP contribution < -0.4 is 15.1 Å². The molecule has 0 saturated heterocycles. The molecular weight excluding hydrogens is 479 g/mol. The Kier molecular flexibility index (Phi) is 7.10. The molecule has 0 bridgehead atoms. The molecule has 8 heteroatoms. The lowest BCUT2D eigenvalue weighted by molar-refractivity contribution is 0.0473. The summed E-state index contributed by atoms with van der Waals surface area (Å²) in [5.74, 6) is 0.229. The minimum Gasteiger partial charge on any atom is -0.493 e. The zero-order chi connectivity index (χ0) is 24.2. The van der Waals surface area contributed by atoms with Crippen LogP contribution in [0, 0.1) is 6.92 Å². The predicted octanol–water partition coefficient (Wildman–Crippen LogP) is 6.35. The molecule has 0 N–H and O–H groups in total. The van der Waals surface area contributed by atoms with Crippen LogP contribution in [0.25, 0.3) is 11.0 Å². The summed E-state index contributed by atoms with van der Waals surface area (Å²) in [6.45, 7) is 2.01. The Balaban J connectivity index is 1.48. The normalized spacial score (nSPS) is 10.8. The summed E-state index contributed by atoms with van der Waals surface area (Å²) in [4.78, 5) is 24.6. The molecule has 0 fully saturated rings. The Labute approximate surface area is 205 Å². The van der Waals surface area contributed by atoms with Crippen molar-refractivity contribution in [1.82, 2.24) is 0 Å². The molecule has 6 nitrogen and oxygen atoms in total. The van der Waals surface area contributed by atoms with Gasteiger partial charge in [0.1, 0.15) is 18.8 Å². The van der Waals surface area contributed by atoms with E-state index in [0.717, 1.165) is 11.1 Å². The summed E-state index contributed by atoms with van der Waals surface area (Å²) < 4.78 is 21.9. The first-order chi connectivity index (χ1) is 16.3. The number of aryl methyl sites for hydroxylation is 1. The van der Waals surface area contributed by atoms with Gasteiger partial charge in [-0.3, -0.25) is 0 Å². The van der Waals surface area contributed by atoms with Crippen LogP contribution in [0.3, 0.4) is 0 Å². The van der Waals surface area contributed by atoms with E-state index in [1.807, 2.05) is 19.1 Å². The summed E-state index contributed by atoms with van der Waals surface area (Å²) in [5.41, 5.74) is 2.49. The number of carbonyl (C=O) groups is 1. The van der Waals surface area contributed by atoms with E-state index in [1.54, 1.807) is 36.4 Å². The molecule has 174 valence electrons. The molecule has 0 spiro atoms. The molecule has 3 aromatic carbocycles. The fourth-order valence-corrected chi connectivity index (χ4v) is 3.85. The third-order valence-corrected chi connectivity index (χ3v) is 5.73. The minimum absolute atomic E-state index is 0.0837. The number of rotatable bonds is 7. The Morgan fingerprint density at radius 2 is 1.74 bits per heavy atom. The van der Waals surface area contributed by atoms with Crippen LogP contribution in [0.2, 0.25) is 10.0 Å². The molecule has 0 radical (unpaired) electrons. The van der Waals surface area contributed by atoms with E-state index in [2.05, 4.69) is 0 Å². The number of hydrogen-bond donors (Lipinski definition) is 0. The van der Waals surface area contributed by atoms with Crippen LogP contribution in [-0.2, 0) is 18.0 Å². The van der Waals surface area contributed by atoms with Gasteiger partial charge in [0, 0.05) is 32.6 Å². The van der Waals surface area contributed by atoms with Crippen LogP contribution in [-0.4, -0.2) is 13.1 Å². The molecule has 0 aliphatic rings. The summed E-state index contributed by atoms with van der Waals surface area (Å²) in [5, 5.41) is 1.73. The quantitative estimate of drug-likeness (QED) is 0.218. The number of carbonyl (C=O) groups excluding carboxylic acids is 1. The fourth-order valence-electron chi connectivity index (χ4n) is 3.39. The lowest BCUT2D eigenvalue weighted by Gasteiger charge is -2.13. The second-order valence-corrected chi connectivity index (χ2v) is 8.40. The van der Waals surface area contributed by atoms with Gasteiger partial charge in [-0.2, -0.15) is 0 Å². The number of ether oxygens (including phenoxy) is 3. The van der Waals surface area contributed by atoms with Crippen LogP contribution in [0.4, 0.5) is 0 Å². The average molecular weight is 499 g/mol. The minimum atomic E-state index is -0.570. The summed E-state index contributed by atoms with van der Waals surface area (Å²) in [6, 6.07) is 16.7. The number of esters is 1. The van der Waals surface area contributed by atoms with Crippen molar-refractivity contribution in [2.45, 2.75) is 20.1 Å². The lowest BCUT2D eigenvalue weighted by atomic mass is 10.1. The maximum absolute atomic E-state index is 12.7. The third-order valence-electron chi connectivity index (χ3n) is 5.14. The van der Waals surface area contributed by atoms with Gasteiger partial charge < -0.3 is 18.6 Å². The molecular formula is C26H20Cl2O6. The topological polar surface area (TPSA) is 75.0 Å². The van der Waals surface area contributed by atoms with E-state index < -0.39 is 11.6 Å². The largest absolute Gasteiger partial charge is 0.493 e. The number of methoxy groups -OCH3 is 1. The molecule has 0 atom stereocenters. The smallest absolute Gasteiger partial charge is 0.338 e. The van der Waals surface area contributed by atoms with Crippen molar-refractivity contribution in [2.24, 2.45) is 0 Å². The van der Waals surface area contributed by atoms with Crippen LogP contribution >= 0.6 is 23.2 Å². The number of hydrogen-bond acceptors (Lipinski definition) is 6. The molecule has 4 aromatic rings. The summed E-state index contributed by atoms with van der Waals surface area (Å²) in [6.07, 6.45) is 0. The summed E-state index contributed by atoms with van der Waals surface area (Å²) in [7, 11) is 1.48. The molecule has 34 heavy (non-hydrogen) atoms. The molecule has 0 aliphatic heterocycles. The lowest BCUT2D eigenvalue weighted by Crippen LogP contribution is -2.08. The highest BCUT2D eigenvalue weighted by Crippen LogP contribution is 2.30. The van der Waals surface area contributed by atoms with E-state index >= 15 is 0 Å². The van der Waals surface area contributed by atoms with E-state index in [1.165, 1.54) is 19.2 Å². The van der Waals surface area contributed by atoms with Gasteiger partial charge in [0.25, 0.3) is 0 Å². The number of halogens is 2. The maximum Gasteiger partial charge on any atom is 0.338 e. The zero-order valence-electron chi connectivity index (χ0n) is 18.4. The van der Waals surface area contributed by atoms with Gasteiger partial charge in [0.05, 0.1) is 12.7 Å². The SMILES string of the molecule is COc1cc(C(=O)OCc2cc(=O)oc3cc(C)ccc23)ccc1OCc1ccc(Cl)cc1Cl. The van der Waals surface area contributed by atoms with Gasteiger partial charge >= 0.3 is 11.6 Å². The monoisotopic (exact) mass is 498 g/mol. The summed E-state index contributed by atoms with van der Waals surface area (Å²) >= 11 is 12.1. The van der Waals surface area contributed by atoms with Crippen LogP contribution in [0.15, 0.2) is 69.9 Å². The Bertz CT molecular complexity index is 1430. The van der Waals surface area contributed by atoms with E-state index in [-0.39, 0.29) is 18.8 Å².